The zero-order valence-corrected chi connectivity index (χ0v) is 15.4. The smallest absolute Gasteiger partial charge is 0.406 e. The summed E-state index contributed by atoms with van der Waals surface area (Å²) in [5, 5.41) is 21.6. The molecule has 11 heteroatoms. The molecular formula is C17H16ClFN6O3. The molecule has 1 aromatic carbocycles. The number of nitrogens with zero attached hydrogens (tertiary/aromatic N) is 3. The van der Waals surface area contributed by atoms with E-state index >= 15 is 0 Å². The lowest BCUT2D eigenvalue weighted by atomic mass is 10.2. The van der Waals surface area contributed by atoms with Crippen molar-refractivity contribution < 1.29 is 19.1 Å². The van der Waals surface area contributed by atoms with Crippen LogP contribution in [0.15, 0.2) is 30.5 Å². The number of hydrogen-bond acceptors (Lipinski definition) is 6. The number of halogens is 2. The summed E-state index contributed by atoms with van der Waals surface area (Å²) >= 11 is 5.74. The second-order valence-electron chi connectivity index (χ2n) is 5.67. The predicted molar refractivity (Wildman–Crippen MR) is 101 cm³/mol. The summed E-state index contributed by atoms with van der Waals surface area (Å²) in [5.74, 6) is -0.373. The maximum atomic E-state index is 13.3. The van der Waals surface area contributed by atoms with Gasteiger partial charge in [-0.1, -0.05) is 11.6 Å². The third kappa shape index (κ3) is 4.02. The van der Waals surface area contributed by atoms with E-state index in [9.17, 15) is 14.4 Å². The summed E-state index contributed by atoms with van der Waals surface area (Å²) in [6.07, 6.45) is 1.29. The van der Waals surface area contributed by atoms with Crippen LogP contribution in [-0.4, -0.2) is 45.7 Å². The van der Waals surface area contributed by atoms with Crippen molar-refractivity contribution in [2.75, 3.05) is 18.7 Å². The van der Waals surface area contributed by atoms with Gasteiger partial charge < -0.3 is 15.0 Å². The lowest BCUT2D eigenvalue weighted by molar-refractivity contribution is 0.171. The Labute approximate surface area is 163 Å². The SMILES string of the molecule is COC(=O)NCCc1nc2nccc(C(=N)N(O)c3ccc(F)c(Cl)c3)c2[nH]1. The average Bonchev–Trinajstić information content (AvgIpc) is 3.11. The van der Waals surface area contributed by atoms with Gasteiger partial charge in [0.1, 0.15) is 11.6 Å². The normalized spacial score (nSPS) is 10.7. The second-order valence-corrected chi connectivity index (χ2v) is 6.07. The fraction of sp³-hybridized carbons (Fsp3) is 0.176. The molecule has 3 aromatic rings. The van der Waals surface area contributed by atoms with Crippen LogP contribution in [0.5, 0.6) is 0 Å². The lowest BCUT2D eigenvalue weighted by Gasteiger charge is -2.18. The highest BCUT2D eigenvalue weighted by Gasteiger charge is 2.18. The van der Waals surface area contributed by atoms with Gasteiger partial charge in [0.15, 0.2) is 11.5 Å². The first kappa shape index (κ1) is 19.5. The quantitative estimate of drug-likeness (QED) is 0.293. The topological polar surface area (TPSA) is 127 Å². The maximum Gasteiger partial charge on any atom is 0.406 e. The molecule has 28 heavy (non-hydrogen) atoms. The fourth-order valence-electron chi connectivity index (χ4n) is 2.49. The largest absolute Gasteiger partial charge is 0.453 e. The summed E-state index contributed by atoms with van der Waals surface area (Å²) < 4.78 is 17.8. The Morgan fingerprint density at radius 2 is 2.25 bits per heavy atom. The Morgan fingerprint density at radius 1 is 1.46 bits per heavy atom. The van der Waals surface area contributed by atoms with Crippen LogP contribution in [0.25, 0.3) is 11.2 Å². The molecule has 1 amide bonds. The molecule has 4 N–H and O–H groups in total. The van der Waals surface area contributed by atoms with Crippen molar-refractivity contribution in [3.63, 3.8) is 0 Å². The van der Waals surface area contributed by atoms with E-state index in [1.165, 1.54) is 31.5 Å². The molecule has 0 aliphatic heterocycles. The van der Waals surface area contributed by atoms with Crippen molar-refractivity contribution in [2.24, 2.45) is 0 Å². The highest BCUT2D eigenvalue weighted by molar-refractivity contribution is 6.31. The molecule has 2 heterocycles. The fourth-order valence-corrected chi connectivity index (χ4v) is 2.66. The first-order chi connectivity index (χ1) is 13.4. The van der Waals surface area contributed by atoms with Gasteiger partial charge in [-0.05, 0) is 24.3 Å². The molecule has 146 valence electrons. The highest BCUT2D eigenvalue weighted by atomic mass is 35.5. The number of amidine groups is 1. The molecule has 0 fully saturated rings. The maximum absolute atomic E-state index is 13.3. The molecule has 3 rings (SSSR count). The molecule has 0 unspecified atom stereocenters. The number of anilines is 1. The minimum absolute atomic E-state index is 0.128. The molecule has 9 nitrogen and oxygen atoms in total. The Hall–Kier alpha value is -3.24. The number of fused-ring (bicyclic) bond motifs is 1. The monoisotopic (exact) mass is 406 g/mol. The van der Waals surface area contributed by atoms with Gasteiger partial charge in [-0.15, -0.1) is 0 Å². The minimum Gasteiger partial charge on any atom is -0.453 e. The first-order valence-electron chi connectivity index (χ1n) is 8.09. The zero-order chi connectivity index (χ0) is 20.3. The van der Waals surface area contributed by atoms with Crippen LogP contribution < -0.4 is 10.4 Å². The number of aromatic amines is 1. The molecule has 0 atom stereocenters. The molecule has 0 radical (unpaired) electrons. The van der Waals surface area contributed by atoms with Gasteiger partial charge in [0.2, 0.25) is 0 Å². The molecule has 0 aliphatic carbocycles. The summed E-state index contributed by atoms with van der Waals surface area (Å²) in [7, 11) is 1.27. The van der Waals surface area contributed by atoms with Crippen molar-refractivity contribution in [3.05, 3.63) is 52.7 Å². The molecule has 2 aromatic heterocycles. The van der Waals surface area contributed by atoms with Crippen molar-refractivity contribution in [1.82, 2.24) is 20.3 Å². The number of hydrogen-bond donors (Lipinski definition) is 4. The van der Waals surface area contributed by atoms with E-state index < -0.39 is 11.9 Å². The molecular weight excluding hydrogens is 391 g/mol. The van der Waals surface area contributed by atoms with Crippen LogP contribution in [0.3, 0.4) is 0 Å². The van der Waals surface area contributed by atoms with Gasteiger partial charge in [-0.25, -0.2) is 24.2 Å². The van der Waals surface area contributed by atoms with Crippen molar-refractivity contribution in [3.8, 4) is 0 Å². The number of methoxy groups -OCH3 is 1. The van der Waals surface area contributed by atoms with Crippen LogP contribution in [0.1, 0.15) is 11.4 Å². The highest BCUT2D eigenvalue weighted by Crippen LogP contribution is 2.24. The van der Waals surface area contributed by atoms with Gasteiger partial charge in [0.25, 0.3) is 0 Å². The van der Waals surface area contributed by atoms with Gasteiger partial charge in [-0.2, -0.15) is 0 Å². The summed E-state index contributed by atoms with van der Waals surface area (Å²) in [6, 6.07) is 5.14. The molecule has 0 bridgehead atoms. The van der Waals surface area contributed by atoms with E-state index in [2.05, 4.69) is 25.0 Å². The Balaban J connectivity index is 1.84. The average molecular weight is 407 g/mol. The summed E-state index contributed by atoms with van der Waals surface area (Å²) in [6.45, 7) is 0.291. The number of imidazole rings is 1. The third-order valence-corrected chi connectivity index (χ3v) is 4.16. The van der Waals surface area contributed by atoms with Gasteiger partial charge in [0.05, 0.1) is 23.3 Å². The minimum atomic E-state index is -0.629. The van der Waals surface area contributed by atoms with Crippen molar-refractivity contribution >= 4 is 40.4 Å². The number of ether oxygens (including phenoxy) is 1. The number of H-pyrrole nitrogens is 1. The molecule has 0 aliphatic rings. The molecule has 0 saturated carbocycles. The van der Waals surface area contributed by atoms with E-state index in [1.54, 1.807) is 0 Å². The van der Waals surface area contributed by atoms with Gasteiger partial charge in [-0.3, -0.25) is 10.6 Å². The standard InChI is InChI=1S/C17H16ClFN6O3/c1-28-17(26)22-7-5-13-23-14-10(4-6-21-16(14)24-13)15(20)25(27)9-2-3-12(19)11(18)8-9/h2-4,6,8,20,27H,5,7H2,1H3,(H,22,26)(H,21,23,24). The number of pyridine rings is 1. The third-order valence-electron chi connectivity index (χ3n) is 3.87. The Bertz CT molecular complexity index is 1040. The lowest BCUT2D eigenvalue weighted by Crippen LogP contribution is -2.27. The van der Waals surface area contributed by atoms with Gasteiger partial charge in [0, 0.05) is 24.7 Å². The van der Waals surface area contributed by atoms with E-state index in [-0.39, 0.29) is 16.5 Å². The van der Waals surface area contributed by atoms with E-state index in [0.29, 0.717) is 40.6 Å². The number of benzene rings is 1. The number of carbonyl (C=O) groups excluding carboxylic acids is 1. The van der Waals surface area contributed by atoms with Crippen LogP contribution in [0.2, 0.25) is 5.02 Å². The van der Waals surface area contributed by atoms with Crippen LogP contribution >= 0.6 is 11.6 Å². The van der Waals surface area contributed by atoms with Crippen molar-refractivity contribution in [2.45, 2.75) is 6.42 Å². The number of nitrogens with one attached hydrogen (secondary N) is 3. The summed E-state index contributed by atoms with van der Waals surface area (Å²) in [5.41, 5.74) is 1.24. The number of carbonyl (C=O) groups is 1. The number of aromatic nitrogens is 3. The zero-order valence-electron chi connectivity index (χ0n) is 14.7. The second kappa shape index (κ2) is 8.19. The van der Waals surface area contributed by atoms with Crippen LogP contribution in [0.4, 0.5) is 14.9 Å². The van der Waals surface area contributed by atoms with Crippen LogP contribution in [0, 0.1) is 11.2 Å². The molecule has 0 saturated heterocycles. The number of amides is 1. The first-order valence-corrected chi connectivity index (χ1v) is 8.47. The predicted octanol–water partition coefficient (Wildman–Crippen LogP) is 2.87. The molecule has 0 spiro atoms. The summed E-state index contributed by atoms with van der Waals surface area (Å²) in [4.78, 5) is 22.6. The Kier molecular flexibility index (Phi) is 5.71. The number of rotatable bonds is 5. The van der Waals surface area contributed by atoms with E-state index in [1.807, 2.05) is 0 Å². The number of alkyl carbamates (subject to hydrolysis) is 1. The van der Waals surface area contributed by atoms with E-state index in [0.717, 1.165) is 6.07 Å². The van der Waals surface area contributed by atoms with Gasteiger partial charge >= 0.3 is 6.09 Å². The van der Waals surface area contributed by atoms with E-state index in [4.69, 9.17) is 17.0 Å². The number of hydroxylamine groups is 1. The van der Waals surface area contributed by atoms with Crippen molar-refractivity contribution in [1.29, 1.82) is 5.41 Å². The Morgan fingerprint density at radius 3 is 2.96 bits per heavy atom. The van der Waals surface area contributed by atoms with Crippen LogP contribution in [-0.2, 0) is 11.2 Å².